The number of carbonyl (C=O) groups excluding carboxylic acids is 1. The molecule has 0 heterocycles. The Bertz CT molecular complexity index is 631. The number of hydrogen-bond acceptors (Lipinski definition) is 1. The predicted molar refractivity (Wildman–Crippen MR) is 84.4 cm³/mol. The van der Waals surface area contributed by atoms with Crippen molar-refractivity contribution < 1.29 is 4.79 Å². The van der Waals surface area contributed by atoms with Gasteiger partial charge in [-0.2, -0.15) is 0 Å². The largest absolute Gasteiger partial charge is 0.309 e. The number of amides is 1. The van der Waals surface area contributed by atoms with Crippen molar-refractivity contribution in [2.24, 2.45) is 0 Å². The minimum atomic E-state index is 0.0567. The van der Waals surface area contributed by atoms with Crippen molar-refractivity contribution in [3.63, 3.8) is 0 Å². The van der Waals surface area contributed by atoms with Crippen molar-refractivity contribution in [2.75, 3.05) is 11.4 Å². The van der Waals surface area contributed by atoms with Crippen LogP contribution >= 0.6 is 0 Å². The third-order valence-corrected chi connectivity index (χ3v) is 3.63. The summed E-state index contributed by atoms with van der Waals surface area (Å²) in [6.45, 7) is 8.80. The summed E-state index contributed by atoms with van der Waals surface area (Å²) in [4.78, 5) is 14.5. The van der Waals surface area contributed by atoms with Crippen LogP contribution in [0, 0.1) is 20.8 Å². The van der Waals surface area contributed by atoms with Gasteiger partial charge in [0.05, 0.1) is 0 Å². The van der Waals surface area contributed by atoms with Gasteiger partial charge in [0.25, 0.3) is 5.91 Å². The second kappa shape index (κ2) is 5.91. The Labute approximate surface area is 121 Å². The van der Waals surface area contributed by atoms with E-state index in [0.717, 1.165) is 22.4 Å². The molecule has 0 aliphatic rings. The molecule has 104 valence electrons. The third-order valence-electron chi connectivity index (χ3n) is 3.63. The quantitative estimate of drug-likeness (QED) is 0.813. The van der Waals surface area contributed by atoms with Gasteiger partial charge in [-0.15, -0.1) is 0 Å². The molecular formula is C18H21NO. The van der Waals surface area contributed by atoms with Crippen LogP contribution in [0.1, 0.15) is 34.0 Å². The summed E-state index contributed by atoms with van der Waals surface area (Å²) in [7, 11) is 0. The Balaban J connectivity index is 2.36. The van der Waals surface area contributed by atoms with Gasteiger partial charge in [0, 0.05) is 17.8 Å². The maximum absolute atomic E-state index is 12.7. The predicted octanol–water partition coefficient (Wildman–Crippen LogP) is 4.28. The van der Waals surface area contributed by atoms with Crippen LogP contribution in [0.3, 0.4) is 0 Å². The van der Waals surface area contributed by atoms with E-state index < -0.39 is 0 Å². The molecule has 0 radical (unpaired) electrons. The van der Waals surface area contributed by atoms with Gasteiger partial charge in [-0.25, -0.2) is 0 Å². The van der Waals surface area contributed by atoms with Crippen LogP contribution in [0.2, 0.25) is 0 Å². The van der Waals surface area contributed by atoms with E-state index >= 15 is 0 Å². The topological polar surface area (TPSA) is 20.3 Å². The second-order valence-electron chi connectivity index (χ2n) is 5.19. The zero-order valence-corrected chi connectivity index (χ0v) is 12.6. The van der Waals surface area contributed by atoms with E-state index in [4.69, 9.17) is 0 Å². The van der Waals surface area contributed by atoms with Gasteiger partial charge >= 0.3 is 0 Å². The molecule has 0 bridgehead atoms. The lowest BCUT2D eigenvalue weighted by Crippen LogP contribution is -2.30. The normalized spacial score (nSPS) is 10.4. The zero-order chi connectivity index (χ0) is 14.7. The van der Waals surface area contributed by atoms with Crippen molar-refractivity contribution in [3.8, 4) is 0 Å². The number of anilines is 1. The monoisotopic (exact) mass is 267 g/mol. The number of benzene rings is 2. The Hall–Kier alpha value is -2.09. The van der Waals surface area contributed by atoms with Gasteiger partial charge in [-0.3, -0.25) is 4.79 Å². The van der Waals surface area contributed by atoms with E-state index in [1.54, 1.807) is 0 Å². The summed E-state index contributed by atoms with van der Waals surface area (Å²) in [5.74, 6) is 0.0567. The average molecular weight is 267 g/mol. The number of nitrogens with zero attached hydrogens (tertiary/aromatic N) is 1. The summed E-state index contributed by atoms with van der Waals surface area (Å²) in [6, 6.07) is 13.9. The number of rotatable bonds is 3. The molecule has 0 fully saturated rings. The minimum absolute atomic E-state index is 0.0567. The number of hydrogen-bond donors (Lipinski definition) is 0. The minimum Gasteiger partial charge on any atom is -0.309 e. The molecule has 20 heavy (non-hydrogen) atoms. The summed E-state index contributed by atoms with van der Waals surface area (Å²) < 4.78 is 0. The maximum atomic E-state index is 12.7. The van der Waals surface area contributed by atoms with Gasteiger partial charge in [0.15, 0.2) is 0 Å². The summed E-state index contributed by atoms with van der Waals surface area (Å²) in [6.07, 6.45) is 0. The van der Waals surface area contributed by atoms with Crippen LogP contribution in [0.4, 0.5) is 5.69 Å². The standard InChI is InChI=1S/C18H21NO/c1-5-19(17-8-6-7-13(2)11-17)18(20)16-10-9-14(3)15(4)12-16/h6-12H,5H2,1-4H3. The third kappa shape index (κ3) is 2.90. The molecular weight excluding hydrogens is 246 g/mol. The Morgan fingerprint density at radius 1 is 1.00 bits per heavy atom. The summed E-state index contributed by atoms with van der Waals surface area (Å²) >= 11 is 0. The van der Waals surface area contributed by atoms with Gasteiger partial charge < -0.3 is 4.90 Å². The fraction of sp³-hybridized carbons (Fsp3) is 0.278. The van der Waals surface area contributed by atoms with Crippen molar-refractivity contribution in [2.45, 2.75) is 27.7 Å². The Morgan fingerprint density at radius 3 is 2.35 bits per heavy atom. The molecule has 0 N–H and O–H groups in total. The van der Waals surface area contributed by atoms with Gasteiger partial charge in [0.1, 0.15) is 0 Å². The summed E-state index contributed by atoms with van der Waals surface area (Å²) in [5.41, 5.74) is 5.22. The van der Waals surface area contributed by atoms with E-state index in [2.05, 4.69) is 6.92 Å². The molecule has 0 unspecified atom stereocenters. The zero-order valence-electron chi connectivity index (χ0n) is 12.6. The molecule has 0 atom stereocenters. The van der Waals surface area contributed by atoms with E-state index in [0.29, 0.717) is 6.54 Å². The highest BCUT2D eigenvalue weighted by atomic mass is 16.2. The fourth-order valence-electron chi connectivity index (χ4n) is 2.27. The lowest BCUT2D eigenvalue weighted by molar-refractivity contribution is 0.0988. The van der Waals surface area contributed by atoms with E-state index in [9.17, 15) is 4.79 Å². The molecule has 2 aromatic carbocycles. The first kappa shape index (κ1) is 14.3. The smallest absolute Gasteiger partial charge is 0.258 e. The van der Waals surface area contributed by atoms with Crippen LogP contribution in [-0.2, 0) is 0 Å². The van der Waals surface area contributed by atoms with Crippen LogP contribution in [0.15, 0.2) is 42.5 Å². The first-order valence-electron chi connectivity index (χ1n) is 6.98. The molecule has 0 aliphatic heterocycles. The molecule has 0 saturated heterocycles. The highest BCUT2D eigenvalue weighted by molar-refractivity contribution is 6.06. The van der Waals surface area contributed by atoms with Crippen LogP contribution < -0.4 is 4.90 Å². The van der Waals surface area contributed by atoms with Gasteiger partial charge in [-0.05, 0) is 68.7 Å². The molecule has 0 aromatic heterocycles. The lowest BCUT2D eigenvalue weighted by atomic mass is 10.1. The van der Waals surface area contributed by atoms with E-state index in [1.807, 2.05) is 68.1 Å². The van der Waals surface area contributed by atoms with Crippen molar-refractivity contribution in [1.82, 2.24) is 0 Å². The molecule has 0 spiro atoms. The van der Waals surface area contributed by atoms with Gasteiger partial charge in [-0.1, -0.05) is 18.2 Å². The first-order chi connectivity index (χ1) is 9.52. The van der Waals surface area contributed by atoms with Crippen LogP contribution in [0.25, 0.3) is 0 Å². The maximum Gasteiger partial charge on any atom is 0.258 e. The van der Waals surface area contributed by atoms with E-state index in [-0.39, 0.29) is 5.91 Å². The molecule has 0 saturated carbocycles. The highest BCUT2D eigenvalue weighted by Crippen LogP contribution is 2.19. The molecule has 0 aliphatic carbocycles. The highest BCUT2D eigenvalue weighted by Gasteiger charge is 2.16. The average Bonchev–Trinajstić information content (AvgIpc) is 2.42. The number of aryl methyl sites for hydroxylation is 3. The van der Waals surface area contributed by atoms with E-state index in [1.165, 1.54) is 5.56 Å². The van der Waals surface area contributed by atoms with Crippen molar-refractivity contribution >= 4 is 11.6 Å². The van der Waals surface area contributed by atoms with Crippen LogP contribution in [0.5, 0.6) is 0 Å². The first-order valence-corrected chi connectivity index (χ1v) is 6.98. The molecule has 1 amide bonds. The SMILES string of the molecule is CCN(C(=O)c1ccc(C)c(C)c1)c1cccc(C)c1. The van der Waals surface area contributed by atoms with Crippen molar-refractivity contribution in [3.05, 3.63) is 64.7 Å². The fourth-order valence-corrected chi connectivity index (χ4v) is 2.27. The molecule has 2 heteroatoms. The second-order valence-corrected chi connectivity index (χ2v) is 5.19. The van der Waals surface area contributed by atoms with Crippen LogP contribution in [-0.4, -0.2) is 12.5 Å². The lowest BCUT2D eigenvalue weighted by Gasteiger charge is -2.22. The Kier molecular flexibility index (Phi) is 4.23. The molecule has 2 rings (SSSR count). The summed E-state index contributed by atoms with van der Waals surface area (Å²) in [5, 5.41) is 0. The van der Waals surface area contributed by atoms with Crippen molar-refractivity contribution in [1.29, 1.82) is 0 Å². The molecule has 2 nitrogen and oxygen atoms in total. The number of carbonyl (C=O) groups is 1. The Morgan fingerprint density at radius 2 is 1.75 bits per heavy atom. The molecule has 2 aromatic rings. The van der Waals surface area contributed by atoms with Gasteiger partial charge in [0.2, 0.25) is 0 Å².